The van der Waals surface area contributed by atoms with Crippen molar-refractivity contribution in [2.24, 2.45) is 0 Å². The highest BCUT2D eigenvalue weighted by Crippen LogP contribution is 2.16. The molecule has 0 bridgehead atoms. The summed E-state index contributed by atoms with van der Waals surface area (Å²) < 4.78 is 29.2. The summed E-state index contributed by atoms with van der Waals surface area (Å²) in [7, 11) is -3.12. The van der Waals surface area contributed by atoms with Crippen LogP contribution in [0.25, 0.3) is 11.1 Å². The van der Waals surface area contributed by atoms with Gasteiger partial charge in [-0.25, -0.2) is 13.2 Å². The Balaban J connectivity index is 2.42. The Hall–Kier alpha value is -1.76. The fourth-order valence-electron chi connectivity index (χ4n) is 1.67. The van der Waals surface area contributed by atoms with Crippen molar-refractivity contribution in [2.75, 3.05) is 17.2 Å². The number of hydrogen-bond acceptors (Lipinski definition) is 5. The van der Waals surface area contributed by atoms with Crippen molar-refractivity contribution in [1.82, 2.24) is 4.57 Å². The molecule has 0 atom stereocenters. The van der Waals surface area contributed by atoms with E-state index in [0.29, 0.717) is 16.8 Å². The van der Waals surface area contributed by atoms with E-state index >= 15 is 0 Å². The molecule has 2 rings (SSSR count). The van der Waals surface area contributed by atoms with Gasteiger partial charge in [-0.2, -0.15) is 0 Å². The van der Waals surface area contributed by atoms with Gasteiger partial charge in [0.1, 0.15) is 0 Å². The van der Waals surface area contributed by atoms with Gasteiger partial charge in [-0.05, 0) is 18.2 Å². The van der Waals surface area contributed by atoms with E-state index in [0.717, 1.165) is 0 Å². The summed E-state index contributed by atoms with van der Waals surface area (Å²) in [6.45, 7) is 1.65. The summed E-state index contributed by atoms with van der Waals surface area (Å²) in [4.78, 5) is 11.6. The molecule has 0 saturated heterocycles. The standard InChI is InChI=1S/C11H14N2O4S/c1-2-18(15,16)6-5-13-9-7-8(12)3-4-10(9)17-11(13)14/h3-4,7H,2,5-6,12H2,1H3. The van der Waals surface area contributed by atoms with Crippen LogP contribution in [0, 0.1) is 0 Å². The van der Waals surface area contributed by atoms with Crippen molar-refractivity contribution in [2.45, 2.75) is 13.5 Å². The number of sulfone groups is 1. The molecule has 1 aromatic heterocycles. The molecule has 0 aliphatic rings. The maximum Gasteiger partial charge on any atom is 0.419 e. The lowest BCUT2D eigenvalue weighted by atomic mass is 10.3. The minimum atomic E-state index is -3.12. The number of anilines is 1. The van der Waals surface area contributed by atoms with Crippen molar-refractivity contribution in [3.8, 4) is 0 Å². The first-order chi connectivity index (χ1) is 8.43. The van der Waals surface area contributed by atoms with Gasteiger partial charge in [-0.3, -0.25) is 4.57 Å². The van der Waals surface area contributed by atoms with E-state index in [4.69, 9.17) is 10.2 Å². The van der Waals surface area contributed by atoms with E-state index in [2.05, 4.69) is 0 Å². The lowest BCUT2D eigenvalue weighted by molar-refractivity contribution is 0.511. The first-order valence-corrected chi connectivity index (χ1v) is 7.34. The van der Waals surface area contributed by atoms with Crippen LogP contribution in [0.1, 0.15) is 6.92 Å². The first-order valence-electron chi connectivity index (χ1n) is 5.52. The van der Waals surface area contributed by atoms with Crippen molar-refractivity contribution in [3.05, 3.63) is 28.7 Å². The largest absolute Gasteiger partial charge is 0.419 e. The molecule has 7 heteroatoms. The highest BCUT2D eigenvalue weighted by molar-refractivity contribution is 7.91. The van der Waals surface area contributed by atoms with Gasteiger partial charge in [-0.1, -0.05) is 6.92 Å². The molecule has 1 aromatic carbocycles. The van der Waals surface area contributed by atoms with E-state index in [1.165, 1.54) is 4.57 Å². The molecule has 0 spiro atoms. The predicted octanol–water partition coefficient (Wildman–Crippen LogP) is 0.611. The molecule has 6 nitrogen and oxygen atoms in total. The number of hydrogen-bond donors (Lipinski definition) is 1. The number of rotatable bonds is 4. The first kappa shape index (κ1) is 12.7. The van der Waals surface area contributed by atoms with E-state index in [9.17, 15) is 13.2 Å². The van der Waals surface area contributed by atoms with Crippen LogP contribution in [0.2, 0.25) is 0 Å². The fraction of sp³-hybridized carbons (Fsp3) is 0.364. The second kappa shape index (κ2) is 4.49. The molecule has 0 unspecified atom stereocenters. The van der Waals surface area contributed by atoms with Gasteiger partial charge < -0.3 is 10.2 Å². The summed E-state index contributed by atoms with van der Waals surface area (Å²) in [6, 6.07) is 4.81. The molecule has 98 valence electrons. The summed E-state index contributed by atoms with van der Waals surface area (Å²) in [5, 5.41) is 0. The summed E-state index contributed by atoms with van der Waals surface area (Å²) in [5.74, 6) is -0.603. The van der Waals surface area contributed by atoms with E-state index < -0.39 is 15.6 Å². The highest BCUT2D eigenvalue weighted by Gasteiger charge is 2.13. The fourth-order valence-corrected chi connectivity index (χ4v) is 2.42. The monoisotopic (exact) mass is 270 g/mol. The number of aryl methyl sites for hydroxylation is 1. The molecule has 18 heavy (non-hydrogen) atoms. The number of fused-ring (bicyclic) bond motifs is 1. The minimum Gasteiger partial charge on any atom is -0.408 e. The van der Waals surface area contributed by atoms with Gasteiger partial charge in [0, 0.05) is 18.0 Å². The molecule has 0 aliphatic heterocycles. The van der Waals surface area contributed by atoms with Crippen LogP contribution in [0.5, 0.6) is 0 Å². The van der Waals surface area contributed by atoms with Crippen molar-refractivity contribution >= 4 is 26.6 Å². The molecular weight excluding hydrogens is 256 g/mol. The van der Waals surface area contributed by atoms with Gasteiger partial charge >= 0.3 is 5.76 Å². The third-order valence-electron chi connectivity index (χ3n) is 2.76. The molecule has 0 aliphatic carbocycles. The van der Waals surface area contributed by atoms with Crippen molar-refractivity contribution in [1.29, 1.82) is 0 Å². The molecule has 1 heterocycles. The Kier molecular flexibility index (Phi) is 3.16. The van der Waals surface area contributed by atoms with Crippen LogP contribution in [0.4, 0.5) is 5.69 Å². The lowest BCUT2D eigenvalue weighted by Gasteiger charge is -2.02. The number of benzene rings is 1. The van der Waals surface area contributed by atoms with Gasteiger partial charge in [0.25, 0.3) is 0 Å². The predicted molar refractivity (Wildman–Crippen MR) is 69.2 cm³/mol. The number of aromatic nitrogens is 1. The average molecular weight is 270 g/mol. The van der Waals surface area contributed by atoms with Crippen LogP contribution < -0.4 is 11.5 Å². The number of oxazole rings is 1. The van der Waals surface area contributed by atoms with E-state index in [1.807, 2.05) is 0 Å². The summed E-state index contributed by atoms with van der Waals surface area (Å²) >= 11 is 0. The SMILES string of the molecule is CCS(=O)(=O)CCn1c(=O)oc2ccc(N)cc21. The number of nitrogen functional groups attached to an aromatic ring is 1. The normalized spacial score (nSPS) is 12.1. The second-order valence-electron chi connectivity index (χ2n) is 3.98. The van der Waals surface area contributed by atoms with E-state index in [1.54, 1.807) is 25.1 Å². The van der Waals surface area contributed by atoms with Crippen LogP contribution in [-0.2, 0) is 16.4 Å². The van der Waals surface area contributed by atoms with Crippen molar-refractivity contribution in [3.63, 3.8) is 0 Å². The summed E-state index contributed by atoms with van der Waals surface area (Å²) in [5.41, 5.74) is 7.06. The highest BCUT2D eigenvalue weighted by atomic mass is 32.2. The Morgan fingerprint density at radius 3 is 2.78 bits per heavy atom. The molecule has 0 saturated carbocycles. The zero-order valence-electron chi connectivity index (χ0n) is 9.92. The smallest absolute Gasteiger partial charge is 0.408 e. The quantitative estimate of drug-likeness (QED) is 0.821. The van der Waals surface area contributed by atoms with Crippen LogP contribution in [-0.4, -0.2) is 24.5 Å². The minimum absolute atomic E-state index is 0.0552. The van der Waals surface area contributed by atoms with Crippen LogP contribution in [0.3, 0.4) is 0 Å². The Bertz CT molecular complexity index is 727. The molecule has 2 aromatic rings. The molecule has 2 N–H and O–H groups in total. The maximum atomic E-state index is 11.6. The van der Waals surface area contributed by atoms with Crippen molar-refractivity contribution < 1.29 is 12.8 Å². The molecule has 0 radical (unpaired) electrons. The third kappa shape index (κ3) is 2.40. The van der Waals surface area contributed by atoms with Gasteiger partial charge in [0.05, 0.1) is 11.3 Å². The molecular formula is C11H14N2O4S. The number of nitrogens with zero attached hydrogens (tertiary/aromatic N) is 1. The zero-order valence-corrected chi connectivity index (χ0v) is 10.7. The third-order valence-corrected chi connectivity index (χ3v) is 4.44. The summed E-state index contributed by atoms with van der Waals surface area (Å²) in [6.07, 6.45) is 0. The average Bonchev–Trinajstić information content (AvgIpc) is 2.62. The van der Waals surface area contributed by atoms with Gasteiger partial charge in [-0.15, -0.1) is 0 Å². The van der Waals surface area contributed by atoms with Gasteiger partial charge in [0.15, 0.2) is 15.4 Å². The van der Waals surface area contributed by atoms with E-state index in [-0.39, 0.29) is 18.1 Å². The maximum absolute atomic E-state index is 11.6. The Labute approximate surface area is 104 Å². The number of nitrogens with two attached hydrogens (primary N) is 1. The Morgan fingerprint density at radius 2 is 2.11 bits per heavy atom. The Morgan fingerprint density at radius 1 is 1.39 bits per heavy atom. The topological polar surface area (TPSA) is 95.3 Å². The second-order valence-corrected chi connectivity index (χ2v) is 6.46. The lowest BCUT2D eigenvalue weighted by Crippen LogP contribution is -2.21. The van der Waals surface area contributed by atoms with Crippen LogP contribution >= 0.6 is 0 Å². The van der Waals surface area contributed by atoms with Crippen LogP contribution in [0.15, 0.2) is 27.4 Å². The zero-order chi connectivity index (χ0) is 13.3. The molecule has 0 amide bonds. The molecule has 0 fully saturated rings. The van der Waals surface area contributed by atoms with Gasteiger partial charge in [0.2, 0.25) is 0 Å².